The number of hydrogen-bond acceptors (Lipinski definition) is 3. The maximum atomic E-state index is 13.2. The van der Waals surface area contributed by atoms with Gasteiger partial charge >= 0.3 is 0 Å². The highest BCUT2D eigenvalue weighted by atomic mass is 35.5. The number of nitrogens with one attached hydrogen (secondary N) is 1. The molecule has 2 aromatic rings. The zero-order valence-corrected chi connectivity index (χ0v) is 18.1. The van der Waals surface area contributed by atoms with Gasteiger partial charge in [0.2, 0.25) is 0 Å². The molecule has 0 bridgehead atoms. The Bertz CT molecular complexity index is 900. The molecule has 0 unspecified atom stereocenters. The van der Waals surface area contributed by atoms with Gasteiger partial charge < -0.3 is 5.32 Å². The van der Waals surface area contributed by atoms with Crippen LogP contribution in [-0.2, 0) is 12.8 Å². The van der Waals surface area contributed by atoms with E-state index in [-0.39, 0.29) is 5.91 Å². The van der Waals surface area contributed by atoms with Crippen molar-refractivity contribution in [3.63, 3.8) is 0 Å². The van der Waals surface area contributed by atoms with Crippen LogP contribution >= 0.6 is 34.5 Å². The molecule has 0 saturated heterocycles. The molecule has 1 aromatic heterocycles. The fourth-order valence-electron chi connectivity index (χ4n) is 4.13. The van der Waals surface area contributed by atoms with E-state index >= 15 is 0 Å². The van der Waals surface area contributed by atoms with Gasteiger partial charge in [-0.05, 0) is 50.2 Å². The smallest absolute Gasteiger partial charge is 0.254 e. The first-order valence-corrected chi connectivity index (χ1v) is 11.6. The lowest BCUT2D eigenvalue weighted by molar-refractivity contribution is 0.0927. The Morgan fingerprint density at radius 2 is 1.89 bits per heavy atom. The summed E-state index contributed by atoms with van der Waals surface area (Å²) in [6.45, 7) is 0. The number of aliphatic imine (C=N–C) groups is 1. The number of hydrogen-bond donors (Lipinski definition) is 1. The first-order valence-electron chi connectivity index (χ1n) is 10.1. The van der Waals surface area contributed by atoms with Crippen LogP contribution in [0.1, 0.15) is 71.3 Å². The lowest BCUT2D eigenvalue weighted by Gasteiger charge is -2.23. The van der Waals surface area contributed by atoms with E-state index in [0.717, 1.165) is 48.2 Å². The number of benzene rings is 1. The quantitative estimate of drug-likeness (QED) is 0.531. The summed E-state index contributed by atoms with van der Waals surface area (Å²) in [7, 11) is 0. The summed E-state index contributed by atoms with van der Waals surface area (Å²) >= 11 is 14.1. The van der Waals surface area contributed by atoms with Gasteiger partial charge in [-0.3, -0.25) is 4.79 Å². The van der Waals surface area contributed by atoms with Gasteiger partial charge in [0.05, 0.1) is 15.6 Å². The molecular formula is C22H24Cl2N2OS. The molecule has 1 N–H and O–H groups in total. The van der Waals surface area contributed by atoms with Crippen molar-refractivity contribution in [3.05, 3.63) is 49.8 Å². The average molecular weight is 435 g/mol. The number of amides is 1. The van der Waals surface area contributed by atoms with Crippen molar-refractivity contribution in [3.8, 4) is 0 Å². The van der Waals surface area contributed by atoms with E-state index in [2.05, 4.69) is 10.3 Å². The zero-order chi connectivity index (χ0) is 19.5. The number of aryl methyl sites for hydroxylation is 1. The van der Waals surface area contributed by atoms with E-state index in [1.165, 1.54) is 36.1 Å². The Balaban J connectivity index is 1.64. The van der Waals surface area contributed by atoms with Gasteiger partial charge in [-0.1, -0.05) is 54.6 Å². The van der Waals surface area contributed by atoms with Crippen LogP contribution in [0.15, 0.2) is 23.2 Å². The first-order chi connectivity index (χ1) is 13.6. The fraction of sp³-hybridized carbons (Fsp3) is 0.455. The van der Waals surface area contributed by atoms with E-state index in [4.69, 9.17) is 23.2 Å². The highest BCUT2D eigenvalue weighted by molar-refractivity contribution is 7.16. The molecule has 1 heterocycles. The lowest BCUT2D eigenvalue weighted by Crippen LogP contribution is -2.36. The predicted octanol–water partition coefficient (Wildman–Crippen LogP) is 6.75. The molecule has 1 aromatic carbocycles. The minimum atomic E-state index is 0.0376. The maximum absolute atomic E-state index is 13.2. The second-order valence-electron chi connectivity index (χ2n) is 7.60. The Morgan fingerprint density at radius 1 is 1.11 bits per heavy atom. The van der Waals surface area contributed by atoms with Crippen LogP contribution in [0.3, 0.4) is 0 Å². The SMILES string of the molecule is O=C(NC1CCCCC1)c1c(/N=C/c2cccc(Cl)c2Cl)sc2c1CCCC2. The Morgan fingerprint density at radius 3 is 2.71 bits per heavy atom. The van der Waals surface area contributed by atoms with Crippen molar-refractivity contribution in [2.45, 2.75) is 63.8 Å². The molecule has 1 saturated carbocycles. The summed E-state index contributed by atoms with van der Waals surface area (Å²) in [6.07, 6.45) is 11.9. The molecule has 4 rings (SSSR count). The molecule has 148 valence electrons. The van der Waals surface area contributed by atoms with Crippen molar-refractivity contribution in [2.75, 3.05) is 0 Å². The van der Waals surface area contributed by atoms with Crippen LogP contribution in [0.2, 0.25) is 10.0 Å². The van der Waals surface area contributed by atoms with E-state index < -0.39 is 0 Å². The topological polar surface area (TPSA) is 41.5 Å². The first kappa shape index (κ1) is 19.9. The molecule has 1 fully saturated rings. The molecule has 2 aliphatic rings. The van der Waals surface area contributed by atoms with Crippen LogP contribution in [-0.4, -0.2) is 18.2 Å². The second kappa shape index (κ2) is 8.98. The number of fused-ring (bicyclic) bond motifs is 1. The molecule has 0 aliphatic heterocycles. The molecule has 0 radical (unpaired) electrons. The third-order valence-corrected chi connectivity index (χ3v) is 7.66. The summed E-state index contributed by atoms with van der Waals surface area (Å²) in [5, 5.41) is 5.06. The number of thiophene rings is 1. The fourth-order valence-corrected chi connectivity index (χ4v) is 5.72. The summed E-state index contributed by atoms with van der Waals surface area (Å²) in [4.78, 5) is 19.2. The van der Waals surface area contributed by atoms with Gasteiger partial charge in [-0.15, -0.1) is 11.3 Å². The third kappa shape index (κ3) is 4.29. The molecule has 0 spiro atoms. The van der Waals surface area contributed by atoms with Crippen molar-refractivity contribution >= 4 is 51.7 Å². The minimum Gasteiger partial charge on any atom is -0.349 e. The molecule has 28 heavy (non-hydrogen) atoms. The average Bonchev–Trinajstić information content (AvgIpc) is 3.08. The summed E-state index contributed by atoms with van der Waals surface area (Å²) in [6, 6.07) is 5.78. The third-order valence-electron chi connectivity index (χ3n) is 5.62. The maximum Gasteiger partial charge on any atom is 0.254 e. The van der Waals surface area contributed by atoms with Crippen LogP contribution in [0.4, 0.5) is 5.00 Å². The van der Waals surface area contributed by atoms with Gasteiger partial charge in [-0.2, -0.15) is 0 Å². The highest BCUT2D eigenvalue weighted by Gasteiger charge is 2.27. The number of nitrogens with zero attached hydrogens (tertiary/aromatic N) is 1. The number of carbonyl (C=O) groups excluding carboxylic acids is 1. The molecule has 0 atom stereocenters. The van der Waals surface area contributed by atoms with Crippen molar-refractivity contribution in [1.29, 1.82) is 0 Å². The molecule has 6 heteroatoms. The van der Waals surface area contributed by atoms with Crippen LogP contribution in [0.25, 0.3) is 0 Å². The zero-order valence-electron chi connectivity index (χ0n) is 15.8. The molecule has 1 amide bonds. The van der Waals surface area contributed by atoms with Gasteiger partial charge in [-0.25, -0.2) is 4.99 Å². The molecular weight excluding hydrogens is 411 g/mol. The van der Waals surface area contributed by atoms with Gasteiger partial charge in [0.25, 0.3) is 5.91 Å². The van der Waals surface area contributed by atoms with Crippen LogP contribution in [0, 0.1) is 0 Å². The number of rotatable bonds is 4. The van der Waals surface area contributed by atoms with Gasteiger partial charge in [0.15, 0.2) is 0 Å². The van der Waals surface area contributed by atoms with Crippen LogP contribution < -0.4 is 5.32 Å². The Kier molecular flexibility index (Phi) is 6.39. The van der Waals surface area contributed by atoms with Crippen molar-refractivity contribution in [1.82, 2.24) is 5.32 Å². The lowest BCUT2D eigenvalue weighted by atomic mass is 9.93. The minimum absolute atomic E-state index is 0.0376. The Hall–Kier alpha value is -1.36. The van der Waals surface area contributed by atoms with E-state index in [9.17, 15) is 4.79 Å². The number of carbonyl (C=O) groups is 1. The summed E-state index contributed by atoms with van der Waals surface area (Å²) < 4.78 is 0. The Labute approximate surface area is 180 Å². The normalized spacial score (nSPS) is 17.6. The predicted molar refractivity (Wildman–Crippen MR) is 119 cm³/mol. The van der Waals surface area contributed by atoms with Crippen LogP contribution in [0.5, 0.6) is 0 Å². The van der Waals surface area contributed by atoms with Crippen molar-refractivity contribution < 1.29 is 4.79 Å². The van der Waals surface area contributed by atoms with Crippen molar-refractivity contribution in [2.24, 2.45) is 4.99 Å². The largest absolute Gasteiger partial charge is 0.349 e. The highest BCUT2D eigenvalue weighted by Crippen LogP contribution is 2.40. The molecule has 3 nitrogen and oxygen atoms in total. The van der Waals surface area contributed by atoms with Gasteiger partial charge in [0, 0.05) is 22.7 Å². The van der Waals surface area contributed by atoms with Gasteiger partial charge in [0.1, 0.15) is 5.00 Å². The van der Waals surface area contributed by atoms with E-state index in [0.29, 0.717) is 16.1 Å². The van der Waals surface area contributed by atoms with E-state index in [1.807, 2.05) is 12.1 Å². The second-order valence-corrected chi connectivity index (χ2v) is 9.47. The monoisotopic (exact) mass is 434 g/mol. The van der Waals surface area contributed by atoms with E-state index in [1.54, 1.807) is 23.6 Å². The molecule has 2 aliphatic carbocycles. The summed E-state index contributed by atoms with van der Waals surface area (Å²) in [5.74, 6) is 0.0376. The summed E-state index contributed by atoms with van der Waals surface area (Å²) in [5.41, 5.74) is 2.74. The standard InChI is InChI=1S/C22H24Cl2N2OS/c23-17-11-6-7-14(20(17)24)13-25-22-19(16-10-4-5-12-18(16)28-22)21(27)26-15-8-2-1-3-9-15/h6-7,11,13,15H,1-5,8-10,12H2,(H,26,27)/b25-13+. The number of halogens is 2.